The van der Waals surface area contributed by atoms with Crippen LogP contribution in [0.3, 0.4) is 0 Å². The molecule has 0 aromatic rings. The van der Waals surface area contributed by atoms with Crippen LogP contribution in [0, 0.1) is 39.4 Å². The number of ketones is 3. The van der Waals surface area contributed by atoms with E-state index in [0.29, 0.717) is 12.8 Å². The standard InChI is InChI=1S/C30H44O7/c1-25(2,36)12-11-21(33)30(8,37)23-19(32)14-27(5)20-10-9-16-17(13-18(31)24(35)26(16,3)4)29(20,7)22(34)15-28(23,27)6/h9,11-12,17-20,23,31-32,36-37H,10,13-15H2,1-8H3/t17-,18-,19-,20+,23+,27+,28-,29+,30-/m1/s1. The number of Topliss-reactive ketones (excluding diaryl/α,β-unsaturated/α-hetero) is 2. The molecule has 4 aliphatic rings. The molecule has 0 aliphatic heterocycles. The lowest BCUT2D eigenvalue weighted by Gasteiger charge is -2.64. The molecular formula is C30H44O7. The highest BCUT2D eigenvalue weighted by Crippen LogP contribution is 2.74. The first kappa shape index (κ1) is 28.3. The second-order valence-electron chi connectivity index (χ2n) is 14.2. The predicted molar refractivity (Wildman–Crippen MR) is 138 cm³/mol. The molecule has 7 nitrogen and oxygen atoms in total. The number of aliphatic hydroxyl groups is 4. The molecule has 7 heteroatoms. The molecule has 37 heavy (non-hydrogen) atoms. The molecule has 0 saturated heterocycles. The lowest BCUT2D eigenvalue weighted by Crippen LogP contribution is -2.65. The Morgan fingerprint density at radius 2 is 1.62 bits per heavy atom. The molecule has 4 rings (SSSR count). The van der Waals surface area contributed by atoms with Crippen LogP contribution in [0.4, 0.5) is 0 Å². The molecule has 206 valence electrons. The lowest BCUT2D eigenvalue weighted by atomic mass is 9.38. The highest BCUT2D eigenvalue weighted by atomic mass is 16.3. The van der Waals surface area contributed by atoms with E-state index in [1.807, 2.05) is 27.7 Å². The van der Waals surface area contributed by atoms with Crippen LogP contribution in [-0.4, -0.2) is 61.2 Å². The van der Waals surface area contributed by atoms with E-state index in [1.54, 1.807) is 0 Å². The molecule has 0 bridgehead atoms. The van der Waals surface area contributed by atoms with Gasteiger partial charge in [-0.25, -0.2) is 0 Å². The van der Waals surface area contributed by atoms with Crippen molar-refractivity contribution in [2.75, 3.05) is 0 Å². The van der Waals surface area contributed by atoms with E-state index < -0.39 is 56.8 Å². The average molecular weight is 517 g/mol. The summed E-state index contributed by atoms with van der Waals surface area (Å²) in [5.74, 6) is -2.24. The van der Waals surface area contributed by atoms with E-state index in [9.17, 15) is 34.8 Å². The Balaban J connectivity index is 1.80. The summed E-state index contributed by atoms with van der Waals surface area (Å²) >= 11 is 0. The summed E-state index contributed by atoms with van der Waals surface area (Å²) < 4.78 is 0. The molecular weight excluding hydrogens is 472 g/mol. The van der Waals surface area contributed by atoms with E-state index in [1.165, 1.54) is 32.9 Å². The van der Waals surface area contributed by atoms with E-state index in [-0.39, 0.29) is 36.2 Å². The quantitative estimate of drug-likeness (QED) is 0.334. The summed E-state index contributed by atoms with van der Waals surface area (Å²) in [5, 5.41) is 43.7. The Labute approximate surface area is 220 Å². The first-order chi connectivity index (χ1) is 16.7. The fourth-order valence-electron chi connectivity index (χ4n) is 9.00. The minimum absolute atomic E-state index is 0.0141. The Bertz CT molecular complexity index is 1090. The molecule has 4 N–H and O–H groups in total. The molecule has 0 amide bonds. The Kier molecular flexibility index (Phi) is 6.26. The van der Waals surface area contributed by atoms with Crippen molar-refractivity contribution < 1.29 is 34.8 Å². The summed E-state index contributed by atoms with van der Waals surface area (Å²) in [6.07, 6.45) is 3.54. The van der Waals surface area contributed by atoms with Crippen LogP contribution in [0.5, 0.6) is 0 Å². The number of aliphatic hydroxyl groups excluding tert-OH is 2. The van der Waals surface area contributed by atoms with E-state index in [2.05, 4.69) is 13.0 Å². The molecule has 9 atom stereocenters. The van der Waals surface area contributed by atoms with E-state index in [4.69, 9.17) is 0 Å². The number of hydrogen-bond donors (Lipinski definition) is 4. The molecule has 0 aromatic carbocycles. The summed E-state index contributed by atoms with van der Waals surface area (Å²) in [7, 11) is 0. The molecule has 0 radical (unpaired) electrons. The van der Waals surface area contributed by atoms with Gasteiger partial charge in [0.1, 0.15) is 17.5 Å². The smallest absolute Gasteiger partial charge is 0.187 e. The van der Waals surface area contributed by atoms with Crippen molar-refractivity contribution in [2.45, 2.75) is 104 Å². The largest absolute Gasteiger partial charge is 0.393 e. The minimum atomic E-state index is -1.95. The van der Waals surface area contributed by atoms with Gasteiger partial charge in [-0.15, -0.1) is 0 Å². The fourth-order valence-corrected chi connectivity index (χ4v) is 9.00. The van der Waals surface area contributed by atoms with Crippen LogP contribution in [-0.2, 0) is 14.4 Å². The number of carbonyl (C=O) groups excluding carboxylic acids is 3. The third-order valence-electron chi connectivity index (χ3n) is 11.1. The zero-order valence-corrected chi connectivity index (χ0v) is 23.5. The van der Waals surface area contributed by atoms with Gasteiger partial charge in [-0.3, -0.25) is 14.4 Å². The number of fused-ring (bicyclic) bond motifs is 5. The third-order valence-corrected chi connectivity index (χ3v) is 11.1. The highest BCUT2D eigenvalue weighted by Gasteiger charge is 2.74. The zero-order chi connectivity index (χ0) is 28.1. The molecule has 0 aromatic heterocycles. The van der Waals surface area contributed by atoms with Crippen molar-refractivity contribution in [1.82, 2.24) is 0 Å². The lowest BCUT2D eigenvalue weighted by molar-refractivity contribution is -0.183. The van der Waals surface area contributed by atoms with Crippen molar-refractivity contribution in [3.05, 3.63) is 23.8 Å². The molecule has 4 aliphatic carbocycles. The molecule has 0 spiro atoms. The summed E-state index contributed by atoms with van der Waals surface area (Å²) in [6, 6.07) is 0. The maximum Gasteiger partial charge on any atom is 0.187 e. The van der Waals surface area contributed by atoms with Gasteiger partial charge in [0.2, 0.25) is 0 Å². The molecule has 0 heterocycles. The first-order valence-electron chi connectivity index (χ1n) is 13.5. The van der Waals surface area contributed by atoms with Crippen molar-refractivity contribution in [2.24, 2.45) is 39.4 Å². The fraction of sp³-hybridized carbons (Fsp3) is 0.767. The SMILES string of the molecule is CC(C)(O)C=CC(=O)[C@@](C)(O)[C@H]1[C@H](O)C[C@@]2(C)[C@@H]3CC=C4[C@@H](C[C@@H](O)C(=O)C4(C)C)[C@]3(C)C(=O)C[C@]12C. The maximum atomic E-state index is 14.2. The van der Waals surface area contributed by atoms with Crippen LogP contribution in [0.1, 0.15) is 81.1 Å². The average Bonchev–Trinajstić information content (AvgIpc) is 2.96. The van der Waals surface area contributed by atoms with Gasteiger partial charge in [0, 0.05) is 23.2 Å². The van der Waals surface area contributed by atoms with Crippen LogP contribution in [0.2, 0.25) is 0 Å². The van der Waals surface area contributed by atoms with Gasteiger partial charge in [-0.1, -0.05) is 38.5 Å². The van der Waals surface area contributed by atoms with Crippen molar-refractivity contribution in [3.63, 3.8) is 0 Å². The van der Waals surface area contributed by atoms with Gasteiger partial charge in [0.25, 0.3) is 0 Å². The molecule has 3 saturated carbocycles. The van der Waals surface area contributed by atoms with Gasteiger partial charge in [-0.05, 0) is 82.6 Å². The second-order valence-corrected chi connectivity index (χ2v) is 14.2. The van der Waals surface area contributed by atoms with Crippen molar-refractivity contribution in [1.29, 1.82) is 0 Å². The summed E-state index contributed by atoms with van der Waals surface area (Å²) in [4.78, 5) is 40.2. The van der Waals surface area contributed by atoms with Crippen LogP contribution < -0.4 is 0 Å². The van der Waals surface area contributed by atoms with Gasteiger partial charge < -0.3 is 20.4 Å². The number of hydrogen-bond acceptors (Lipinski definition) is 7. The Morgan fingerprint density at radius 3 is 2.19 bits per heavy atom. The van der Waals surface area contributed by atoms with Crippen molar-refractivity contribution >= 4 is 17.3 Å². The maximum absolute atomic E-state index is 14.2. The highest BCUT2D eigenvalue weighted by molar-refractivity contribution is 5.98. The molecule has 0 unspecified atom stereocenters. The second kappa shape index (κ2) is 8.17. The van der Waals surface area contributed by atoms with Gasteiger partial charge in [-0.2, -0.15) is 0 Å². The summed E-state index contributed by atoms with van der Waals surface area (Å²) in [6.45, 7) is 14.0. The molecule has 3 fully saturated rings. The summed E-state index contributed by atoms with van der Waals surface area (Å²) in [5.41, 5.74) is -5.46. The van der Waals surface area contributed by atoms with E-state index in [0.717, 1.165) is 5.57 Å². The Morgan fingerprint density at radius 1 is 1.03 bits per heavy atom. The third kappa shape index (κ3) is 3.71. The van der Waals surface area contributed by atoms with Gasteiger partial charge >= 0.3 is 0 Å². The first-order valence-corrected chi connectivity index (χ1v) is 13.5. The van der Waals surface area contributed by atoms with Crippen LogP contribution >= 0.6 is 0 Å². The van der Waals surface area contributed by atoms with Crippen LogP contribution in [0.25, 0.3) is 0 Å². The number of allylic oxidation sites excluding steroid dienone is 2. The monoisotopic (exact) mass is 516 g/mol. The predicted octanol–water partition coefficient (Wildman–Crippen LogP) is 2.93. The topological polar surface area (TPSA) is 132 Å². The van der Waals surface area contributed by atoms with Crippen LogP contribution in [0.15, 0.2) is 23.8 Å². The van der Waals surface area contributed by atoms with E-state index >= 15 is 0 Å². The van der Waals surface area contributed by atoms with Gasteiger partial charge in [0.15, 0.2) is 11.6 Å². The number of rotatable bonds is 4. The number of carbonyl (C=O) groups is 3. The van der Waals surface area contributed by atoms with Crippen molar-refractivity contribution in [3.8, 4) is 0 Å². The van der Waals surface area contributed by atoms with Gasteiger partial charge in [0.05, 0.1) is 11.7 Å². The normalized spacial score (nSPS) is 45.1. The zero-order valence-electron chi connectivity index (χ0n) is 23.5. The Hall–Kier alpha value is -1.67. The minimum Gasteiger partial charge on any atom is -0.393 e.